The Bertz CT molecular complexity index is 775. The van der Waals surface area contributed by atoms with Gasteiger partial charge in [0.25, 0.3) is 0 Å². The maximum atomic E-state index is 4.31. The Kier molecular flexibility index (Phi) is 3.96. The third kappa shape index (κ3) is 2.95. The summed E-state index contributed by atoms with van der Waals surface area (Å²) in [7, 11) is 0. The van der Waals surface area contributed by atoms with Gasteiger partial charge in [-0.05, 0) is 47.1 Å². The molecule has 1 aromatic carbocycles. The van der Waals surface area contributed by atoms with Crippen molar-refractivity contribution in [1.29, 1.82) is 0 Å². The predicted octanol–water partition coefficient (Wildman–Crippen LogP) is 3.96. The summed E-state index contributed by atoms with van der Waals surface area (Å²) in [6.07, 6.45) is 3.33. The van der Waals surface area contributed by atoms with Gasteiger partial charge in [-0.1, -0.05) is 6.07 Å². The molecule has 6 heteroatoms. The lowest BCUT2D eigenvalue weighted by molar-refractivity contribution is 1.10. The molecule has 0 saturated heterocycles. The van der Waals surface area contributed by atoms with Crippen molar-refractivity contribution in [2.75, 3.05) is 17.2 Å². The predicted molar refractivity (Wildman–Crippen MR) is 88.9 cm³/mol. The Balaban J connectivity index is 1.93. The number of anilines is 3. The van der Waals surface area contributed by atoms with Gasteiger partial charge in [0.15, 0.2) is 0 Å². The Morgan fingerprint density at radius 2 is 1.95 bits per heavy atom. The summed E-state index contributed by atoms with van der Waals surface area (Å²) in [5, 5.41) is 7.56. The van der Waals surface area contributed by atoms with Gasteiger partial charge in [-0.3, -0.25) is 4.98 Å². The number of benzene rings is 1. The van der Waals surface area contributed by atoms with Crippen LogP contribution in [0.4, 0.5) is 17.3 Å². The minimum atomic E-state index is 0.726. The highest BCUT2D eigenvalue weighted by atomic mass is 79.9. The van der Waals surface area contributed by atoms with E-state index in [1.165, 1.54) is 6.33 Å². The van der Waals surface area contributed by atoms with Crippen molar-refractivity contribution in [2.45, 2.75) is 6.92 Å². The number of nitrogens with one attached hydrogen (secondary N) is 2. The zero-order valence-corrected chi connectivity index (χ0v) is 13.1. The van der Waals surface area contributed by atoms with Crippen molar-refractivity contribution in [3.8, 4) is 0 Å². The molecule has 0 aliphatic rings. The van der Waals surface area contributed by atoms with Crippen LogP contribution in [0.1, 0.15) is 6.92 Å². The fraction of sp³-hybridized carbons (Fsp3) is 0.133. The van der Waals surface area contributed by atoms with Gasteiger partial charge < -0.3 is 10.6 Å². The summed E-state index contributed by atoms with van der Waals surface area (Å²) in [5.41, 5.74) is 1.93. The molecule has 2 aromatic heterocycles. The minimum absolute atomic E-state index is 0.726. The molecule has 0 aliphatic carbocycles. The van der Waals surface area contributed by atoms with E-state index in [1.54, 1.807) is 6.20 Å². The standard InChI is InChI=1S/C15H14BrN5/c1-2-17-14-13(16)15(20-9-19-14)21-11-5-6-12-10(8-11)4-3-7-18-12/h3-9H,2H2,1H3,(H2,17,19,20,21). The van der Waals surface area contributed by atoms with Crippen LogP contribution in [0.3, 0.4) is 0 Å². The Hall–Kier alpha value is -2.21. The fourth-order valence-corrected chi connectivity index (χ4v) is 2.48. The smallest absolute Gasteiger partial charge is 0.150 e. The number of rotatable bonds is 4. The van der Waals surface area contributed by atoms with Crippen LogP contribution in [-0.2, 0) is 0 Å². The highest BCUT2D eigenvalue weighted by Gasteiger charge is 2.08. The molecular formula is C15H14BrN5. The summed E-state index contributed by atoms with van der Waals surface area (Å²) in [5.74, 6) is 1.50. The molecule has 2 heterocycles. The quantitative estimate of drug-likeness (QED) is 0.750. The van der Waals surface area contributed by atoms with Gasteiger partial charge in [-0.25, -0.2) is 9.97 Å². The summed E-state index contributed by atoms with van der Waals surface area (Å²) >= 11 is 3.53. The lowest BCUT2D eigenvalue weighted by Gasteiger charge is -2.11. The first kappa shape index (κ1) is 13.8. The highest BCUT2D eigenvalue weighted by Crippen LogP contribution is 2.29. The van der Waals surface area contributed by atoms with E-state index in [-0.39, 0.29) is 0 Å². The van der Waals surface area contributed by atoms with E-state index in [9.17, 15) is 0 Å². The average molecular weight is 344 g/mol. The lowest BCUT2D eigenvalue weighted by Crippen LogP contribution is -2.03. The van der Waals surface area contributed by atoms with E-state index >= 15 is 0 Å². The van der Waals surface area contributed by atoms with Crippen molar-refractivity contribution in [2.24, 2.45) is 0 Å². The van der Waals surface area contributed by atoms with Crippen LogP contribution < -0.4 is 10.6 Å². The molecule has 0 spiro atoms. The van der Waals surface area contributed by atoms with Crippen molar-refractivity contribution >= 4 is 44.2 Å². The number of nitrogens with zero attached hydrogens (tertiary/aromatic N) is 3. The largest absolute Gasteiger partial charge is 0.369 e. The molecule has 21 heavy (non-hydrogen) atoms. The van der Waals surface area contributed by atoms with Crippen LogP contribution in [0, 0.1) is 0 Å². The fourth-order valence-electron chi connectivity index (χ4n) is 2.04. The second-order valence-corrected chi connectivity index (χ2v) is 5.24. The lowest BCUT2D eigenvalue weighted by atomic mass is 10.2. The molecule has 0 saturated carbocycles. The molecule has 0 aliphatic heterocycles. The molecule has 0 bridgehead atoms. The third-order valence-corrected chi connectivity index (χ3v) is 3.75. The molecule has 0 amide bonds. The van der Waals surface area contributed by atoms with Crippen molar-refractivity contribution < 1.29 is 0 Å². The molecule has 0 fully saturated rings. The Morgan fingerprint density at radius 3 is 2.81 bits per heavy atom. The zero-order valence-electron chi connectivity index (χ0n) is 11.5. The summed E-state index contributed by atoms with van der Waals surface area (Å²) < 4.78 is 0.818. The number of hydrogen-bond acceptors (Lipinski definition) is 5. The van der Waals surface area contributed by atoms with Gasteiger partial charge in [0.1, 0.15) is 22.4 Å². The van der Waals surface area contributed by atoms with E-state index in [4.69, 9.17) is 0 Å². The van der Waals surface area contributed by atoms with Crippen LogP contribution in [0.5, 0.6) is 0 Å². The van der Waals surface area contributed by atoms with E-state index in [1.807, 2.05) is 37.3 Å². The molecule has 3 aromatic rings. The summed E-state index contributed by atoms with van der Waals surface area (Å²) in [4.78, 5) is 12.8. The molecule has 2 N–H and O–H groups in total. The molecule has 0 atom stereocenters. The molecule has 106 valence electrons. The van der Waals surface area contributed by atoms with Crippen LogP contribution in [0.2, 0.25) is 0 Å². The van der Waals surface area contributed by atoms with Gasteiger partial charge in [0.05, 0.1) is 5.52 Å². The van der Waals surface area contributed by atoms with Gasteiger partial charge in [0, 0.05) is 23.8 Å². The molecule has 0 radical (unpaired) electrons. The number of fused-ring (bicyclic) bond motifs is 1. The van der Waals surface area contributed by atoms with Gasteiger partial charge in [-0.15, -0.1) is 0 Å². The average Bonchev–Trinajstić information content (AvgIpc) is 2.51. The molecule has 5 nitrogen and oxygen atoms in total. The van der Waals surface area contributed by atoms with E-state index in [0.29, 0.717) is 0 Å². The SMILES string of the molecule is CCNc1ncnc(Nc2ccc3ncccc3c2)c1Br. The minimum Gasteiger partial charge on any atom is -0.369 e. The molecular weight excluding hydrogens is 330 g/mol. The number of hydrogen-bond donors (Lipinski definition) is 2. The number of halogens is 1. The van der Waals surface area contributed by atoms with Crippen molar-refractivity contribution in [1.82, 2.24) is 15.0 Å². The van der Waals surface area contributed by atoms with Gasteiger partial charge >= 0.3 is 0 Å². The summed E-state index contributed by atoms with van der Waals surface area (Å²) in [6.45, 7) is 2.83. The van der Waals surface area contributed by atoms with E-state index < -0.39 is 0 Å². The first-order chi connectivity index (χ1) is 10.3. The van der Waals surface area contributed by atoms with Crippen molar-refractivity contribution in [3.63, 3.8) is 0 Å². The topological polar surface area (TPSA) is 62.7 Å². The summed E-state index contributed by atoms with van der Waals surface area (Å²) in [6, 6.07) is 9.97. The second kappa shape index (κ2) is 6.05. The maximum Gasteiger partial charge on any atom is 0.150 e. The third-order valence-electron chi connectivity index (χ3n) is 3.00. The zero-order chi connectivity index (χ0) is 14.7. The van der Waals surface area contributed by atoms with E-state index in [2.05, 4.69) is 41.5 Å². The molecule has 0 unspecified atom stereocenters. The van der Waals surface area contributed by atoms with Crippen LogP contribution in [-0.4, -0.2) is 21.5 Å². The Labute approximate surface area is 131 Å². The highest BCUT2D eigenvalue weighted by molar-refractivity contribution is 9.10. The van der Waals surface area contributed by atoms with Crippen molar-refractivity contribution in [3.05, 3.63) is 47.3 Å². The van der Waals surface area contributed by atoms with Gasteiger partial charge in [-0.2, -0.15) is 0 Å². The Morgan fingerprint density at radius 1 is 1.10 bits per heavy atom. The van der Waals surface area contributed by atoms with E-state index in [0.717, 1.165) is 39.2 Å². The first-order valence-corrected chi connectivity index (χ1v) is 7.43. The van der Waals surface area contributed by atoms with Gasteiger partial charge in [0.2, 0.25) is 0 Å². The number of pyridine rings is 1. The van der Waals surface area contributed by atoms with Crippen LogP contribution >= 0.6 is 15.9 Å². The van der Waals surface area contributed by atoms with Crippen LogP contribution in [0.15, 0.2) is 47.3 Å². The second-order valence-electron chi connectivity index (χ2n) is 4.45. The molecule has 3 rings (SSSR count). The maximum absolute atomic E-state index is 4.31. The number of aromatic nitrogens is 3. The van der Waals surface area contributed by atoms with Crippen LogP contribution in [0.25, 0.3) is 10.9 Å². The first-order valence-electron chi connectivity index (χ1n) is 6.64. The normalized spacial score (nSPS) is 10.6. The monoisotopic (exact) mass is 343 g/mol.